The van der Waals surface area contributed by atoms with E-state index >= 15 is 0 Å². The highest BCUT2D eigenvalue weighted by Crippen LogP contribution is 2.31. The summed E-state index contributed by atoms with van der Waals surface area (Å²) in [6.45, 7) is -0.0930. The van der Waals surface area contributed by atoms with Crippen molar-refractivity contribution < 1.29 is 14.3 Å². The zero-order valence-corrected chi connectivity index (χ0v) is 15.9. The van der Waals surface area contributed by atoms with Crippen LogP contribution in [0.3, 0.4) is 0 Å². The van der Waals surface area contributed by atoms with E-state index in [1.807, 2.05) is 6.07 Å². The molecule has 142 valence electrons. The van der Waals surface area contributed by atoms with Crippen molar-refractivity contribution in [3.63, 3.8) is 0 Å². The number of hydrogen-bond donors (Lipinski definition) is 2. The van der Waals surface area contributed by atoms with E-state index in [0.717, 1.165) is 31.4 Å². The largest absolute Gasteiger partial charge is 0.484 e. The third kappa shape index (κ3) is 4.86. The average molecular weight is 385 g/mol. The van der Waals surface area contributed by atoms with Crippen LogP contribution in [0.2, 0.25) is 0 Å². The predicted molar refractivity (Wildman–Crippen MR) is 105 cm³/mol. The van der Waals surface area contributed by atoms with Crippen LogP contribution in [0, 0.1) is 5.92 Å². The van der Waals surface area contributed by atoms with Crippen LogP contribution in [-0.2, 0) is 22.4 Å². The summed E-state index contributed by atoms with van der Waals surface area (Å²) in [5.41, 5.74) is 1.82. The van der Waals surface area contributed by atoms with Crippen molar-refractivity contribution in [2.24, 2.45) is 5.92 Å². The topological polar surface area (TPSA) is 80.3 Å². The van der Waals surface area contributed by atoms with Gasteiger partial charge in [0.05, 0.1) is 5.69 Å². The highest BCUT2D eigenvalue weighted by Gasteiger charge is 2.29. The molecule has 0 aliphatic heterocycles. The maximum absolute atomic E-state index is 12.2. The molecule has 1 aromatic carbocycles. The average Bonchev–Trinajstić information content (AvgIpc) is 3.46. The van der Waals surface area contributed by atoms with E-state index in [9.17, 15) is 9.59 Å². The molecule has 1 heterocycles. The normalized spacial score (nSPS) is 16.1. The van der Waals surface area contributed by atoms with Crippen LogP contribution >= 0.6 is 11.3 Å². The number of fused-ring (bicyclic) bond motifs is 1. The number of carbonyl (C=O) groups is 2. The van der Waals surface area contributed by atoms with Crippen LogP contribution < -0.4 is 15.4 Å². The van der Waals surface area contributed by atoms with Crippen LogP contribution in [0.15, 0.2) is 24.3 Å². The lowest BCUT2D eigenvalue weighted by atomic mass is 10.2. The first-order chi connectivity index (χ1) is 13.2. The number of ether oxygens (including phenoxy) is 1. The Balaban J connectivity index is 1.29. The zero-order valence-electron chi connectivity index (χ0n) is 15.1. The summed E-state index contributed by atoms with van der Waals surface area (Å²) in [7, 11) is 0. The molecule has 1 aromatic heterocycles. The number of aryl methyl sites for hydroxylation is 2. The zero-order chi connectivity index (χ0) is 18.6. The van der Waals surface area contributed by atoms with Gasteiger partial charge in [-0.25, -0.2) is 4.98 Å². The Labute approximate surface area is 162 Å². The molecule has 2 N–H and O–H groups in total. The molecule has 2 aromatic rings. The van der Waals surface area contributed by atoms with E-state index in [-0.39, 0.29) is 24.3 Å². The van der Waals surface area contributed by atoms with E-state index in [4.69, 9.17) is 4.74 Å². The second kappa shape index (κ2) is 8.08. The number of nitrogens with one attached hydrogen (secondary N) is 2. The number of thiazole rings is 1. The fourth-order valence-electron chi connectivity index (χ4n) is 3.14. The van der Waals surface area contributed by atoms with Gasteiger partial charge in [0.2, 0.25) is 5.91 Å². The van der Waals surface area contributed by atoms with E-state index in [2.05, 4.69) is 15.6 Å². The minimum Gasteiger partial charge on any atom is -0.484 e. The maximum Gasteiger partial charge on any atom is 0.264 e. The van der Waals surface area contributed by atoms with E-state index in [0.29, 0.717) is 16.6 Å². The molecule has 1 saturated carbocycles. The van der Waals surface area contributed by atoms with Gasteiger partial charge in [0, 0.05) is 22.5 Å². The summed E-state index contributed by atoms with van der Waals surface area (Å²) in [6.07, 6.45) is 7.58. The van der Waals surface area contributed by atoms with Gasteiger partial charge in [-0.3, -0.25) is 14.9 Å². The third-order valence-corrected chi connectivity index (χ3v) is 5.83. The fourth-order valence-corrected chi connectivity index (χ4v) is 4.21. The monoisotopic (exact) mass is 385 g/mol. The second-order valence-electron chi connectivity index (χ2n) is 7.08. The molecule has 6 nitrogen and oxygen atoms in total. The summed E-state index contributed by atoms with van der Waals surface area (Å²) in [5, 5.41) is 6.36. The predicted octanol–water partition coefficient (Wildman–Crippen LogP) is 3.78. The molecular formula is C20H23N3O3S. The van der Waals surface area contributed by atoms with Gasteiger partial charge in [0.15, 0.2) is 11.7 Å². The SMILES string of the molecule is O=C(COc1cccc(NC(=O)C2CC2)c1)Nc1nc2c(s1)CCCCC2. The van der Waals surface area contributed by atoms with Gasteiger partial charge in [-0.15, -0.1) is 11.3 Å². The lowest BCUT2D eigenvalue weighted by Gasteiger charge is -2.09. The first kappa shape index (κ1) is 18.0. The Morgan fingerprint density at radius 1 is 1.15 bits per heavy atom. The lowest BCUT2D eigenvalue weighted by Crippen LogP contribution is -2.20. The molecule has 27 heavy (non-hydrogen) atoms. The number of benzene rings is 1. The first-order valence-electron chi connectivity index (χ1n) is 9.49. The standard InChI is InChI=1S/C20H23N3O3S/c24-18(23-20-22-16-7-2-1-3-8-17(16)27-20)12-26-15-6-4-5-14(11-15)21-19(25)13-9-10-13/h4-6,11,13H,1-3,7-10,12H2,(H,21,25)(H,22,23,24). The van der Waals surface area contributed by atoms with Crippen LogP contribution in [0.25, 0.3) is 0 Å². The number of aromatic nitrogens is 1. The Morgan fingerprint density at radius 2 is 2.00 bits per heavy atom. The van der Waals surface area contributed by atoms with Gasteiger partial charge < -0.3 is 10.1 Å². The summed E-state index contributed by atoms with van der Waals surface area (Å²) in [5.74, 6) is 0.516. The van der Waals surface area contributed by atoms with Gasteiger partial charge >= 0.3 is 0 Å². The van der Waals surface area contributed by atoms with Gasteiger partial charge in [0.1, 0.15) is 5.75 Å². The fraction of sp³-hybridized carbons (Fsp3) is 0.450. The Kier molecular flexibility index (Phi) is 5.38. The lowest BCUT2D eigenvalue weighted by molar-refractivity contribution is -0.118. The van der Waals surface area contributed by atoms with Crippen LogP contribution in [0.1, 0.15) is 42.7 Å². The number of nitrogens with zero attached hydrogens (tertiary/aromatic N) is 1. The second-order valence-corrected chi connectivity index (χ2v) is 8.16. The van der Waals surface area contributed by atoms with E-state index in [1.54, 1.807) is 29.5 Å². The number of carbonyl (C=O) groups excluding carboxylic acids is 2. The Bertz CT molecular complexity index is 821. The van der Waals surface area contributed by atoms with E-state index < -0.39 is 0 Å². The van der Waals surface area contributed by atoms with Crippen molar-refractivity contribution in [2.75, 3.05) is 17.2 Å². The Hall–Kier alpha value is -2.41. The smallest absolute Gasteiger partial charge is 0.264 e. The molecule has 1 fully saturated rings. The first-order valence-corrected chi connectivity index (χ1v) is 10.3. The molecule has 0 atom stereocenters. The molecule has 2 aliphatic rings. The van der Waals surface area contributed by atoms with Gasteiger partial charge in [0.25, 0.3) is 5.91 Å². The molecule has 7 heteroatoms. The minimum atomic E-state index is -0.230. The van der Waals surface area contributed by atoms with Crippen molar-refractivity contribution in [3.8, 4) is 5.75 Å². The van der Waals surface area contributed by atoms with Crippen LogP contribution in [0.5, 0.6) is 5.75 Å². The van der Waals surface area contributed by atoms with Gasteiger partial charge in [-0.05, 0) is 50.7 Å². The third-order valence-electron chi connectivity index (χ3n) is 4.76. The van der Waals surface area contributed by atoms with Crippen molar-refractivity contribution >= 4 is 34.0 Å². The minimum absolute atomic E-state index is 0.0495. The molecule has 0 bridgehead atoms. The summed E-state index contributed by atoms with van der Waals surface area (Å²) < 4.78 is 5.57. The number of hydrogen-bond acceptors (Lipinski definition) is 5. The van der Waals surface area contributed by atoms with Crippen molar-refractivity contribution in [2.45, 2.75) is 44.9 Å². The summed E-state index contributed by atoms with van der Waals surface area (Å²) in [4.78, 5) is 29.9. The van der Waals surface area contributed by atoms with Crippen molar-refractivity contribution in [1.82, 2.24) is 4.98 Å². The molecular weight excluding hydrogens is 362 g/mol. The number of rotatable bonds is 6. The van der Waals surface area contributed by atoms with Gasteiger partial charge in [-0.2, -0.15) is 0 Å². The molecule has 0 spiro atoms. The van der Waals surface area contributed by atoms with Gasteiger partial charge in [-0.1, -0.05) is 12.5 Å². The maximum atomic E-state index is 12.2. The van der Waals surface area contributed by atoms with Crippen LogP contribution in [0.4, 0.5) is 10.8 Å². The number of anilines is 2. The van der Waals surface area contributed by atoms with Crippen molar-refractivity contribution in [3.05, 3.63) is 34.8 Å². The molecule has 0 radical (unpaired) electrons. The molecule has 2 amide bonds. The summed E-state index contributed by atoms with van der Waals surface area (Å²) in [6, 6.07) is 7.12. The molecule has 0 saturated heterocycles. The Morgan fingerprint density at radius 3 is 2.85 bits per heavy atom. The number of amides is 2. The molecule has 4 rings (SSSR count). The van der Waals surface area contributed by atoms with Crippen LogP contribution in [-0.4, -0.2) is 23.4 Å². The molecule has 2 aliphatic carbocycles. The van der Waals surface area contributed by atoms with Crippen molar-refractivity contribution in [1.29, 1.82) is 0 Å². The summed E-state index contributed by atoms with van der Waals surface area (Å²) >= 11 is 1.57. The highest BCUT2D eigenvalue weighted by molar-refractivity contribution is 7.15. The highest BCUT2D eigenvalue weighted by atomic mass is 32.1. The quantitative estimate of drug-likeness (QED) is 0.742. The van der Waals surface area contributed by atoms with E-state index in [1.165, 1.54) is 24.1 Å². The molecule has 0 unspecified atom stereocenters.